The predicted octanol–water partition coefficient (Wildman–Crippen LogP) is 2.18. The van der Waals surface area contributed by atoms with Crippen molar-refractivity contribution in [2.24, 2.45) is 0 Å². The van der Waals surface area contributed by atoms with Crippen LogP contribution < -0.4 is 10.4 Å². The van der Waals surface area contributed by atoms with Gasteiger partial charge in [-0.2, -0.15) is 4.98 Å². The number of ether oxygens (including phenoxy) is 2. The van der Waals surface area contributed by atoms with Crippen molar-refractivity contribution in [3.05, 3.63) is 52.1 Å². The zero-order valence-electron chi connectivity index (χ0n) is 16.8. The molecule has 0 saturated carbocycles. The van der Waals surface area contributed by atoms with E-state index < -0.39 is 0 Å². The summed E-state index contributed by atoms with van der Waals surface area (Å²) < 4.78 is 12.1. The van der Waals surface area contributed by atoms with Gasteiger partial charge in [0.2, 0.25) is 0 Å². The lowest BCUT2D eigenvalue weighted by atomic mass is 10.1. The lowest BCUT2D eigenvalue weighted by Gasteiger charge is -2.26. The maximum atomic E-state index is 12.5. The Kier molecular flexibility index (Phi) is 6.21. The van der Waals surface area contributed by atoms with Gasteiger partial charge in [0.25, 0.3) is 0 Å². The SMILES string of the molecule is COCCOc1ncc2[nH]c(=O)n(Cc3cccc(CN4CCCCC4)c3)c2n1. The number of hydrogen-bond donors (Lipinski definition) is 1. The molecule has 29 heavy (non-hydrogen) atoms. The molecule has 3 aromatic rings. The third kappa shape index (κ3) is 4.83. The first-order valence-electron chi connectivity index (χ1n) is 10.1. The Morgan fingerprint density at radius 2 is 1.90 bits per heavy atom. The summed E-state index contributed by atoms with van der Waals surface area (Å²) in [6, 6.07) is 8.67. The molecule has 1 saturated heterocycles. The molecule has 8 heteroatoms. The van der Waals surface area contributed by atoms with Crippen LogP contribution in [0, 0.1) is 0 Å². The quantitative estimate of drug-likeness (QED) is 0.587. The monoisotopic (exact) mass is 397 g/mol. The first-order chi connectivity index (χ1) is 14.2. The molecule has 3 heterocycles. The number of H-pyrrole nitrogens is 1. The van der Waals surface area contributed by atoms with E-state index in [4.69, 9.17) is 9.47 Å². The number of piperidine rings is 1. The molecule has 4 rings (SSSR count). The van der Waals surface area contributed by atoms with Crippen molar-refractivity contribution in [3.63, 3.8) is 0 Å². The average Bonchev–Trinajstić information content (AvgIpc) is 3.04. The molecule has 0 bridgehead atoms. The van der Waals surface area contributed by atoms with Crippen LogP contribution in [0.2, 0.25) is 0 Å². The van der Waals surface area contributed by atoms with E-state index in [1.165, 1.54) is 24.8 Å². The van der Waals surface area contributed by atoms with Crippen LogP contribution in [0.4, 0.5) is 0 Å². The van der Waals surface area contributed by atoms with Crippen molar-refractivity contribution in [1.82, 2.24) is 24.4 Å². The number of rotatable bonds is 8. The minimum absolute atomic E-state index is 0.204. The molecule has 0 radical (unpaired) electrons. The summed E-state index contributed by atoms with van der Waals surface area (Å²) in [4.78, 5) is 26.4. The Morgan fingerprint density at radius 3 is 2.69 bits per heavy atom. The molecule has 1 fully saturated rings. The van der Waals surface area contributed by atoms with Crippen LogP contribution in [0.5, 0.6) is 6.01 Å². The zero-order chi connectivity index (χ0) is 20.1. The average molecular weight is 397 g/mol. The summed E-state index contributed by atoms with van der Waals surface area (Å²) in [5, 5.41) is 0. The van der Waals surface area contributed by atoms with Gasteiger partial charge < -0.3 is 14.5 Å². The zero-order valence-corrected chi connectivity index (χ0v) is 16.8. The van der Waals surface area contributed by atoms with Crippen LogP contribution in [0.25, 0.3) is 11.2 Å². The first kappa shape index (κ1) is 19.6. The van der Waals surface area contributed by atoms with Crippen molar-refractivity contribution in [2.75, 3.05) is 33.4 Å². The summed E-state index contributed by atoms with van der Waals surface area (Å²) in [5.41, 5.74) is 3.28. The van der Waals surface area contributed by atoms with Crippen LogP contribution in [0.15, 0.2) is 35.3 Å². The number of benzene rings is 1. The van der Waals surface area contributed by atoms with E-state index in [-0.39, 0.29) is 11.7 Å². The molecule has 0 unspecified atom stereocenters. The van der Waals surface area contributed by atoms with Crippen LogP contribution in [0.3, 0.4) is 0 Å². The molecule has 1 N–H and O–H groups in total. The fourth-order valence-corrected chi connectivity index (χ4v) is 3.75. The summed E-state index contributed by atoms with van der Waals surface area (Å²) >= 11 is 0. The number of methoxy groups -OCH3 is 1. The highest BCUT2D eigenvalue weighted by Crippen LogP contribution is 2.16. The predicted molar refractivity (Wildman–Crippen MR) is 110 cm³/mol. The second kappa shape index (κ2) is 9.19. The number of hydrogen-bond acceptors (Lipinski definition) is 6. The minimum Gasteiger partial charge on any atom is -0.461 e. The summed E-state index contributed by atoms with van der Waals surface area (Å²) in [5.74, 6) is 0. The Balaban J connectivity index is 1.53. The summed E-state index contributed by atoms with van der Waals surface area (Å²) in [6.45, 7) is 4.53. The van der Waals surface area contributed by atoms with Gasteiger partial charge in [-0.05, 0) is 37.1 Å². The van der Waals surface area contributed by atoms with Crippen molar-refractivity contribution >= 4 is 11.2 Å². The Morgan fingerprint density at radius 1 is 1.10 bits per heavy atom. The summed E-state index contributed by atoms with van der Waals surface area (Å²) in [6.07, 6.45) is 5.46. The molecule has 0 atom stereocenters. The molecule has 2 aromatic heterocycles. The van der Waals surface area contributed by atoms with E-state index in [9.17, 15) is 4.79 Å². The number of nitrogens with zero attached hydrogens (tertiary/aromatic N) is 4. The first-order valence-corrected chi connectivity index (χ1v) is 10.1. The highest BCUT2D eigenvalue weighted by Gasteiger charge is 2.13. The largest absolute Gasteiger partial charge is 0.461 e. The van der Waals surface area contributed by atoms with E-state index in [1.807, 2.05) is 6.07 Å². The maximum absolute atomic E-state index is 12.5. The molecule has 8 nitrogen and oxygen atoms in total. The Labute approximate surface area is 169 Å². The van der Waals surface area contributed by atoms with E-state index in [0.29, 0.717) is 30.9 Å². The van der Waals surface area contributed by atoms with Crippen molar-refractivity contribution in [2.45, 2.75) is 32.4 Å². The fraction of sp³-hybridized carbons (Fsp3) is 0.476. The summed E-state index contributed by atoms with van der Waals surface area (Å²) in [7, 11) is 1.61. The van der Waals surface area contributed by atoms with Crippen LogP contribution in [0.1, 0.15) is 30.4 Å². The van der Waals surface area contributed by atoms with Gasteiger partial charge in [0.05, 0.1) is 19.3 Å². The highest BCUT2D eigenvalue weighted by atomic mass is 16.5. The van der Waals surface area contributed by atoms with Crippen LogP contribution in [-0.2, 0) is 17.8 Å². The maximum Gasteiger partial charge on any atom is 0.328 e. The lowest BCUT2D eigenvalue weighted by Crippen LogP contribution is -2.29. The molecule has 1 aliphatic heterocycles. The Bertz CT molecular complexity index is 1010. The van der Waals surface area contributed by atoms with Crippen molar-refractivity contribution < 1.29 is 9.47 Å². The van der Waals surface area contributed by atoms with Gasteiger partial charge in [-0.25, -0.2) is 9.78 Å². The molecule has 154 valence electrons. The second-order valence-corrected chi connectivity index (χ2v) is 7.40. The van der Waals surface area contributed by atoms with Crippen molar-refractivity contribution in [1.29, 1.82) is 0 Å². The molecule has 1 aromatic carbocycles. The molecular weight excluding hydrogens is 370 g/mol. The van der Waals surface area contributed by atoms with Gasteiger partial charge in [0.15, 0.2) is 5.65 Å². The van der Waals surface area contributed by atoms with Gasteiger partial charge in [-0.15, -0.1) is 0 Å². The van der Waals surface area contributed by atoms with Gasteiger partial charge in [-0.1, -0.05) is 30.7 Å². The van der Waals surface area contributed by atoms with E-state index in [2.05, 4.69) is 38.1 Å². The van der Waals surface area contributed by atoms with E-state index >= 15 is 0 Å². The fourth-order valence-electron chi connectivity index (χ4n) is 3.75. The topological polar surface area (TPSA) is 85.3 Å². The smallest absolute Gasteiger partial charge is 0.328 e. The standard InChI is InChI=1S/C21H27N5O3/c1-28-10-11-29-20-22-13-18-19(24-20)26(21(27)23-18)15-17-7-5-6-16(12-17)14-25-8-3-2-4-9-25/h5-7,12-13H,2-4,8-11,14-15H2,1H3,(H,23,27). The highest BCUT2D eigenvalue weighted by molar-refractivity contribution is 5.69. The van der Waals surface area contributed by atoms with Crippen LogP contribution in [-0.4, -0.2) is 57.8 Å². The number of aromatic nitrogens is 4. The normalized spacial score (nSPS) is 15.1. The molecule has 1 aliphatic rings. The van der Waals surface area contributed by atoms with Gasteiger partial charge >= 0.3 is 11.7 Å². The van der Waals surface area contributed by atoms with Gasteiger partial charge in [-0.3, -0.25) is 9.47 Å². The van der Waals surface area contributed by atoms with Crippen LogP contribution >= 0.6 is 0 Å². The number of nitrogens with one attached hydrogen (secondary N) is 1. The molecule has 0 spiro atoms. The third-order valence-corrected chi connectivity index (χ3v) is 5.19. The molecular formula is C21H27N5O3. The lowest BCUT2D eigenvalue weighted by molar-refractivity contribution is 0.141. The van der Waals surface area contributed by atoms with E-state index in [0.717, 1.165) is 25.2 Å². The third-order valence-electron chi connectivity index (χ3n) is 5.19. The number of likely N-dealkylation sites (tertiary alicyclic amines) is 1. The molecule has 0 aliphatic carbocycles. The Hall–Kier alpha value is -2.71. The molecule has 0 amide bonds. The van der Waals surface area contributed by atoms with Crippen molar-refractivity contribution in [3.8, 4) is 6.01 Å². The second-order valence-electron chi connectivity index (χ2n) is 7.40. The minimum atomic E-state index is -0.204. The number of imidazole rings is 1. The van der Waals surface area contributed by atoms with Gasteiger partial charge in [0, 0.05) is 13.7 Å². The number of fused-ring (bicyclic) bond motifs is 1. The number of aromatic amines is 1. The van der Waals surface area contributed by atoms with Gasteiger partial charge in [0.1, 0.15) is 12.1 Å². The van der Waals surface area contributed by atoms with E-state index in [1.54, 1.807) is 17.9 Å².